The van der Waals surface area contributed by atoms with Crippen LogP contribution in [0.15, 0.2) is 0 Å². The average Bonchev–Trinajstić information content (AvgIpc) is 2.56. The third-order valence-electron chi connectivity index (χ3n) is 2.76. The SMILES string of the molecule is NC(N)(N)C1([C]2CC2)CC1. The normalized spacial score (nSPS) is 30.3. The molecule has 0 aromatic carbocycles. The molecule has 2 saturated carbocycles. The molecule has 0 saturated heterocycles. The summed E-state index contributed by atoms with van der Waals surface area (Å²) in [5.74, 6) is 0.554. The minimum Gasteiger partial charge on any atom is -0.301 e. The summed E-state index contributed by atoms with van der Waals surface area (Å²) in [4.78, 5) is 0. The summed E-state index contributed by atoms with van der Waals surface area (Å²) in [6.07, 6.45) is 4.61. The zero-order valence-electron chi connectivity index (χ0n) is 6.06. The van der Waals surface area contributed by atoms with Crippen molar-refractivity contribution in [3.05, 3.63) is 5.92 Å². The fraction of sp³-hybridized carbons (Fsp3) is 0.857. The Kier molecular flexibility index (Phi) is 1.02. The van der Waals surface area contributed by atoms with Crippen molar-refractivity contribution in [3.63, 3.8) is 0 Å². The van der Waals surface area contributed by atoms with Gasteiger partial charge in [0.15, 0.2) is 0 Å². The molecular formula is C7H14N3. The summed E-state index contributed by atoms with van der Waals surface area (Å²) in [5.41, 5.74) is 17.0. The molecule has 2 aliphatic rings. The van der Waals surface area contributed by atoms with Crippen molar-refractivity contribution in [1.29, 1.82) is 0 Å². The van der Waals surface area contributed by atoms with Crippen LogP contribution in [-0.4, -0.2) is 5.79 Å². The van der Waals surface area contributed by atoms with E-state index in [1.807, 2.05) is 0 Å². The summed E-state index contributed by atoms with van der Waals surface area (Å²) in [7, 11) is 0. The highest BCUT2D eigenvalue weighted by molar-refractivity contribution is 5.29. The first-order valence-corrected chi connectivity index (χ1v) is 3.78. The first-order valence-electron chi connectivity index (χ1n) is 3.78. The molecule has 10 heavy (non-hydrogen) atoms. The Labute approximate surface area is 60.9 Å². The third-order valence-corrected chi connectivity index (χ3v) is 2.76. The average molecular weight is 140 g/mol. The first kappa shape index (κ1) is 6.58. The van der Waals surface area contributed by atoms with Crippen LogP contribution in [-0.2, 0) is 0 Å². The van der Waals surface area contributed by atoms with E-state index in [9.17, 15) is 0 Å². The molecule has 0 aliphatic heterocycles. The molecule has 0 heterocycles. The fourth-order valence-corrected chi connectivity index (χ4v) is 1.76. The number of nitrogens with two attached hydrogens (primary N) is 3. The van der Waals surface area contributed by atoms with Gasteiger partial charge in [-0.1, -0.05) is 0 Å². The van der Waals surface area contributed by atoms with Crippen molar-refractivity contribution >= 4 is 0 Å². The van der Waals surface area contributed by atoms with Crippen LogP contribution in [0.4, 0.5) is 0 Å². The van der Waals surface area contributed by atoms with Gasteiger partial charge in [0.2, 0.25) is 0 Å². The van der Waals surface area contributed by atoms with Gasteiger partial charge in [0, 0.05) is 5.41 Å². The smallest absolute Gasteiger partial charge is 0.122 e. The molecule has 1 radical (unpaired) electrons. The molecule has 0 bridgehead atoms. The van der Waals surface area contributed by atoms with Gasteiger partial charge in [-0.25, -0.2) is 0 Å². The van der Waals surface area contributed by atoms with E-state index in [2.05, 4.69) is 0 Å². The molecule has 3 heteroatoms. The fourth-order valence-electron chi connectivity index (χ4n) is 1.76. The van der Waals surface area contributed by atoms with Crippen LogP contribution in [0, 0.1) is 11.3 Å². The van der Waals surface area contributed by atoms with E-state index in [-0.39, 0.29) is 5.41 Å². The van der Waals surface area contributed by atoms with Crippen molar-refractivity contribution in [3.8, 4) is 0 Å². The highest BCUT2D eigenvalue weighted by Crippen LogP contribution is 2.65. The number of hydrogen-bond acceptors (Lipinski definition) is 3. The van der Waals surface area contributed by atoms with Crippen LogP contribution < -0.4 is 17.2 Å². The maximum absolute atomic E-state index is 5.65. The van der Waals surface area contributed by atoms with Gasteiger partial charge in [-0.15, -0.1) is 0 Å². The zero-order chi connectivity index (χ0) is 7.41. The molecular weight excluding hydrogens is 126 g/mol. The molecule has 0 spiro atoms. The number of hydrogen-bond donors (Lipinski definition) is 3. The highest BCUT2D eigenvalue weighted by Gasteiger charge is 2.62. The molecule has 2 aliphatic carbocycles. The van der Waals surface area contributed by atoms with E-state index in [0.29, 0.717) is 0 Å². The van der Waals surface area contributed by atoms with Crippen LogP contribution in [0.25, 0.3) is 0 Å². The van der Waals surface area contributed by atoms with Gasteiger partial charge in [0.25, 0.3) is 0 Å². The van der Waals surface area contributed by atoms with Crippen LogP contribution >= 0.6 is 0 Å². The van der Waals surface area contributed by atoms with Crippen molar-refractivity contribution in [2.45, 2.75) is 31.5 Å². The Morgan fingerprint density at radius 3 is 1.70 bits per heavy atom. The summed E-state index contributed by atoms with van der Waals surface area (Å²) in [6.45, 7) is 0. The minimum absolute atomic E-state index is 0.0486. The van der Waals surface area contributed by atoms with Gasteiger partial charge in [-0.05, 0) is 31.6 Å². The molecule has 2 fully saturated rings. The summed E-state index contributed by atoms with van der Waals surface area (Å²) in [5, 5.41) is 0. The highest BCUT2D eigenvalue weighted by atomic mass is 15.2. The molecule has 0 aromatic rings. The van der Waals surface area contributed by atoms with E-state index < -0.39 is 5.79 Å². The predicted octanol–water partition coefficient (Wildman–Crippen LogP) is -0.335. The van der Waals surface area contributed by atoms with E-state index in [0.717, 1.165) is 12.8 Å². The van der Waals surface area contributed by atoms with E-state index in [4.69, 9.17) is 17.2 Å². The lowest BCUT2D eigenvalue weighted by molar-refractivity contribution is 0.293. The van der Waals surface area contributed by atoms with Crippen LogP contribution in [0.5, 0.6) is 0 Å². The summed E-state index contributed by atoms with van der Waals surface area (Å²) < 4.78 is 0. The molecule has 2 rings (SSSR count). The molecule has 57 valence electrons. The Morgan fingerprint density at radius 1 is 1.10 bits per heavy atom. The summed E-state index contributed by atoms with van der Waals surface area (Å²) in [6, 6.07) is 0. The summed E-state index contributed by atoms with van der Waals surface area (Å²) >= 11 is 0. The molecule has 6 N–H and O–H groups in total. The second-order valence-corrected chi connectivity index (χ2v) is 3.62. The minimum atomic E-state index is -0.946. The van der Waals surface area contributed by atoms with Gasteiger partial charge in [-0.2, -0.15) is 0 Å². The molecule has 3 nitrogen and oxygen atoms in total. The quantitative estimate of drug-likeness (QED) is 0.459. The van der Waals surface area contributed by atoms with Crippen molar-refractivity contribution in [2.75, 3.05) is 0 Å². The second kappa shape index (κ2) is 1.55. The maximum atomic E-state index is 5.65. The molecule has 0 amide bonds. The van der Waals surface area contributed by atoms with Crippen molar-refractivity contribution in [1.82, 2.24) is 0 Å². The van der Waals surface area contributed by atoms with Crippen LogP contribution in [0.1, 0.15) is 25.7 Å². The van der Waals surface area contributed by atoms with Crippen molar-refractivity contribution in [2.24, 2.45) is 22.6 Å². The first-order chi connectivity index (χ1) is 4.56. The Hall–Kier alpha value is -0.120. The lowest BCUT2D eigenvalue weighted by Crippen LogP contribution is -2.65. The van der Waals surface area contributed by atoms with E-state index in [1.54, 1.807) is 0 Å². The lowest BCUT2D eigenvalue weighted by Gasteiger charge is -2.29. The van der Waals surface area contributed by atoms with Gasteiger partial charge < -0.3 is 17.2 Å². The van der Waals surface area contributed by atoms with E-state index >= 15 is 0 Å². The maximum Gasteiger partial charge on any atom is 0.122 e. The Bertz CT molecular complexity index is 151. The predicted molar refractivity (Wildman–Crippen MR) is 39.4 cm³/mol. The Morgan fingerprint density at radius 2 is 1.60 bits per heavy atom. The molecule has 0 atom stereocenters. The van der Waals surface area contributed by atoms with Gasteiger partial charge in [0.1, 0.15) is 5.79 Å². The topological polar surface area (TPSA) is 78.1 Å². The Balaban J connectivity index is 2.13. The standard InChI is InChI=1S/C7H14N3/c8-7(9,10)6(3-4-6)5-1-2-5/h1-4,8-10H2. The zero-order valence-corrected chi connectivity index (χ0v) is 6.06. The number of rotatable bonds is 2. The van der Waals surface area contributed by atoms with Gasteiger partial charge in [0.05, 0.1) is 0 Å². The molecule has 0 unspecified atom stereocenters. The monoisotopic (exact) mass is 140 g/mol. The van der Waals surface area contributed by atoms with Crippen LogP contribution in [0.3, 0.4) is 0 Å². The van der Waals surface area contributed by atoms with Gasteiger partial charge >= 0.3 is 0 Å². The largest absolute Gasteiger partial charge is 0.301 e. The van der Waals surface area contributed by atoms with E-state index in [1.165, 1.54) is 18.8 Å². The van der Waals surface area contributed by atoms with Crippen LogP contribution in [0.2, 0.25) is 0 Å². The molecule has 0 aromatic heterocycles. The second-order valence-electron chi connectivity index (χ2n) is 3.62. The van der Waals surface area contributed by atoms with Crippen molar-refractivity contribution < 1.29 is 0 Å². The third kappa shape index (κ3) is 0.713. The lowest BCUT2D eigenvalue weighted by atomic mass is 9.93. The van der Waals surface area contributed by atoms with Gasteiger partial charge in [-0.3, -0.25) is 0 Å².